The number of ketones is 1. The molecule has 3 rings (SSSR count). The summed E-state index contributed by atoms with van der Waals surface area (Å²) in [5.74, 6) is 0.283. The Bertz CT molecular complexity index is 882. The van der Waals surface area contributed by atoms with E-state index in [1.165, 1.54) is 7.11 Å². The van der Waals surface area contributed by atoms with Crippen molar-refractivity contribution in [3.8, 4) is 5.75 Å². The van der Waals surface area contributed by atoms with Crippen LogP contribution in [0.15, 0.2) is 45.2 Å². The normalized spacial score (nSPS) is 21.6. The number of esters is 1. The molecule has 1 unspecified atom stereocenters. The van der Waals surface area contributed by atoms with Crippen LogP contribution < -0.4 is 10.1 Å². The van der Waals surface area contributed by atoms with E-state index in [-0.39, 0.29) is 23.1 Å². The van der Waals surface area contributed by atoms with Gasteiger partial charge in [0.2, 0.25) is 0 Å². The van der Waals surface area contributed by atoms with Gasteiger partial charge in [0.15, 0.2) is 0 Å². The highest BCUT2D eigenvalue weighted by Gasteiger charge is 2.44. The first-order valence-electron chi connectivity index (χ1n) is 8.84. The summed E-state index contributed by atoms with van der Waals surface area (Å²) in [6.07, 6.45) is 0.813. The second-order valence-electron chi connectivity index (χ2n) is 7.65. The minimum Gasteiger partial charge on any atom is -0.496 e. The number of hydrogen-bond donors (Lipinski definition) is 1. The van der Waals surface area contributed by atoms with Crippen LogP contribution in [0.3, 0.4) is 0 Å². The van der Waals surface area contributed by atoms with Gasteiger partial charge in [0, 0.05) is 30.2 Å². The van der Waals surface area contributed by atoms with Crippen LogP contribution in [-0.2, 0) is 14.3 Å². The van der Waals surface area contributed by atoms with Gasteiger partial charge in [-0.05, 0) is 51.5 Å². The van der Waals surface area contributed by atoms with Crippen molar-refractivity contribution >= 4 is 27.7 Å². The predicted molar refractivity (Wildman–Crippen MR) is 106 cm³/mol. The van der Waals surface area contributed by atoms with Crippen molar-refractivity contribution in [2.45, 2.75) is 39.5 Å². The molecule has 1 heterocycles. The molecule has 27 heavy (non-hydrogen) atoms. The highest BCUT2D eigenvalue weighted by atomic mass is 79.9. The molecular formula is C21H24BrNO4. The van der Waals surface area contributed by atoms with Crippen LogP contribution in [0.4, 0.5) is 0 Å². The molecule has 1 aromatic carbocycles. The molecule has 1 aliphatic heterocycles. The number of allylic oxidation sites excluding steroid dienone is 3. The molecule has 1 atom stereocenters. The van der Waals surface area contributed by atoms with Crippen molar-refractivity contribution in [1.82, 2.24) is 5.32 Å². The van der Waals surface area contributed by atoms with Crippen LogP contribution in [0.1, 0.15) is 45.1 Å². The molecule has 0 spiro atoms. The number of rotatable bonds is 3. The zero-order valence-electron chi connectivity index (χ0n) is 16.2. The Morgan fingerprint density at radius 3 is 2.59 bits per heavy atom. The molecule has 6 heteroatoms. The molecule has 0 fully saturated rings. The van der Waals surface area contributed by atoms with E-state index in [0.29, 0.717) is 18.4 Å². The molecule has 2 aliphatic rings. The Hall–Kier alpha value is -2.08. The lowest BCUT2D eigenvalue weighted by molar-refractivity contribution is -0.136. The number of methoxy groups -OCH3 is 2. The van der Waals surface area contributed by atoms with E-state index in [9.17, 15) is 9.59 Å². The largest absolute Gasteiger partial charge is 0.496 e. The number of carbonyl (C=O) groups excluding carboxylic acids is 2. The summed E-state index contributed by atoms with van der Waals surface area (Å²) in [7, 11) is 3.01. The maximum Gasteiger partial charge on any atom is 0.336 e. The first-order chi connectivity index (χ1) is 12.7. The second kappa shape index (κ2) is 7.15. The average molecular weight is 434 g/mol. The van der Waals surface area contributed by atoms with Gasteiger partial charge in [0.1, 0.15) is 11.5 Å². The fourth-order valence-electron chi connectivity index (χ4n) is 4.26. The molecule has 0 bridgehead atoms. The van der Waals surface area contributed by atoms with Crippen LogP contribution in [-0.4, -0.2) is 26.0 Å². The molecular weight excluding hydrogens is 410 g/mol. The number of benzene rings is 1. The van der Waals surface area contributed by atoms with Gasteiger partial charge in [-0.25, -0.2) is 4.79 Å². The summed E-state index contributed by atoms with van der Waals surface area (Å²) in [5.41, 5.74) is 3.87. The number of dihydropyridines is 1. The van der Waals surface area contributed by atoms with Gasteiger partial charge < -0.3 is 14.8 Å². The van der Waals surface area contributed by atoms with E-state index in [1.807, 2.05) is 25.1 Å². The summed E-state index contributed by atoms with van der Waals surface area (Å²) >= 11 is 3.55. The number of halogens is 1. The van der Waals surface area contributed by atoms with Gasteiger partial charge >= 0.3 is 5.97 Å². The van der Waals surface area contributed by atoms with E-state index in [4.69, 9.17) is 9.47 Å². The number of hydrogen-bond acceptors (Lipinski definition) is 5. The summed E-state index contributed by atoms with van der Waals surface area (Å²) in [6.45, 7) is 5.97. The maximum absolute atomic E-state index is 12.7. The van der Waals surface area contributed by atoms with Crippen LogP contribution >= 0.6 is 15.9 Å². The SMILES string of the molecule is COC(=O)C1=C(C)NC2=C(C1c1ccc(OC)c(Br)c1)C(C)(C)CC(=O)C2. The molecule has 0 saturated carbocycles. The molecule has 0 radical (unpaired) electrons. The van der Waals surface area contributed by atoms with Crippen LogP contribution in [0.25, 0.3) is 0 Å². The Morgan fingerprint density at radius 1 is 1.30 bits per heavy atom. The third-order valence-electron chi connectivity index (χ3n) is 5.30. The number of Topliss-reactive ketones (excluding diaryl/α,β-unsaturated/α-hetero) is 1. The highest BCUT2D eigenvalue weighted by molar-refractivity contribution is 9.10. The molecule has 0 aromatic heterocycles. The second-order valence-corrected chi connectivity index (χ2v) is 8.50. The zero-order chi connectivity index (χ0) is 19.9. The third kappa shape index (κ3) is 3.43. The molecule has 0 saturated heterocycles. The minimum absolute atomic E-state index is 0.204. The van der Waals surface area contributed by atoms with E-state index in [0.717, 1.165) is 32.8 Å². The monoisotopic (exact) mass is 433 g/mol. The van der Waals surface area contributed by atoms with E-state index in [1.54, 1.807) is 7.11 Å². The first kappa shape index (κ1) is 19.7. The Balaban J connectivity index is 2.25. The predicted octanol–water partition coefficient (Wildman–Crippen LogP) is 4.23. The van der Waals surface area contributed by atoms with Crippen molar-refractivity contribution in [1.29, 1.82) is 0 Å². The fraction of sp³-hybridized carbons (Fsp3) is 0.429. The zero-order valence-corrected chi connectivity index (χ0v) is 17.8. The number of ether oxygens (including phenoxy) is 2. The van der Waals surface area contributed by atoms with Crippen LogP contribution in [0.5, 0.6) is 5.75 Å². The van der Waals surface area contributed by atoms with Crippen molar-refractivity contribution in [3.63, 3.8) is 0 Å². The van der Waals surface area contributed by atoms with Crippen molar-refractivity contribution in [3.05, 3.63) is 50.8 Å². The van der Waals surface area contributed by atoms with Gasteiger partial charge in [-0.1, -0.05) is 19.9 Å². The average Bonchev–Trinajstić information content (AvgIpc) is 2.58. The van der Waals surface area contributed by atoms with Crippen molar-refractivity contribution in [2.24, 2.45) is 5.41 Å². The number of nitrogens with one attached hydrogen (secondary N) is 1. The summed E-state index contributed by atoms with van der Waals surface area (Å²) in [6, 6.07) is 5.82. The van der Waals surface area contributed by atoms with Gasteiger partial charge in [-0.2, -0.15) is 0 Å². The number of carbonyl (C=O) groups is 2. The van der Waals surface area contributed by atoms with Crippen molar-refractivity contribution < 1.29 is 19.1 Å². The van der Waals surface area contributed by atoms with Crippen LogP contribution in [0, 0.1) is 5.41 Å². The third-order valence-corrected chi connectivity index (χ3v) is 5.92. The smallest absolute Gasteiger partial charge is 0.336 e. The topological polar surface area (TPSA) is 64.6 Å². The van der Waals surface area contributed by atoms with Gasteiger partial charge in [-0.3, -0.25) is 4.79 Å². The Kier molecular flexibility index (Phi) is 5.21. The van der Waals surface area contributed by atoms with Gasteiger partial charge in [-0.15, -0.1) is 0 Å². The Morgan fingerprint density at radius 2 is 2.00 bits per heavy atom. The molecule has 5 nitrogen and oxygen atoms in total. The molecule has 1 aromatic rings. The highest BCUT2D eigenvalue weighted by Crippen LogP contribution is 2.51. The summed E-state index contributed by atoms with van der Waals surface area (Å²) < 4.78 is 11.3. The molecule has 144 valence electrons. The molecule has 0 amide bonds. The van der Waals surface area contributed by atoms with Crippen LogP contribution in [0.2, 0.25) is 0 Å². The lowest BCUT2D eigenvalue weighted by Crippen LogP contribution is -2.39. The van der Waals surface area contributed by atoms with E-state index in [2.05, 4.69) is 35.1 Å². The van der Waals surface area contributed by atoms with Gasteiger partial charge in [0.25, 0.3) is 0 Å². The standard InChI is InChI=1S/C21H24BrNO4/c1-11-17(20(25)27-5)18(12-6-7-16(26-4)14(22)8-12)19-15(23-11)9-13(24)10-21(19,2)3/h6-8,18,23H,9-10H2,1-5H3. The van der Waals surface area contributed by atoms with Gasteiger partial charge in [0.05, 0.1) is 24.3 Å². The van der Waals surface area contributed by atoms with E-state index >= 15 is 0 Å². The van der Waals surface area contributed by atoms with Crippen molar-refractivity contribution in [2.75, 3.05) is 14.2 Å². The quantitative estimate of drug-likeness (QED) is 0.722. The minimum atomic E-state index is -0.366. The Labute approximate surface area is 167 Å². The van der Waals surface area contributed by atoms with E-state index < -0.39 is 0 Å². The lowest BCUT2D eigenvalue weighted by Gasteiger charge is -2.43. The summed E-state index contributed by atoms with van der Waals surface area (Å²) in [4.78, 5) is 25.0. The lowest BCUT2D eigenvalue weighted by atomic mass is 9.64. The maximum atomic E-state index is 12.7. The fourth-order valence-corrected chi connectivity index (χ4v) is 4.82. The molecule has 1 N–H and O–H groups in total. The first-order valence-corrected chi connectivity index (χ1v) is 9.63. The summed E-state index contributed by atoms with van der Waals surface area (Å²) in [5, 5.41) is 3.31. The molecule has 1 aliphatic carbocycles.